The summed E-state index contributed by atoms with van der Waals surface area (Å²) < 4.78 is 6.53. The molecule has 1 N–H and O–H groups in total. The van der Waals surface area contributed by atoms with E-state index in [1.807, 2.05) is 31.2 Å². The summed E-state index contributed by atoms with van der Waals surface area (Å²) in [7, 11) is 0. The minimum atomic E-state index is -0.175. The van der Waals surface area contributed by atoms with Gasteiger partial charge in [0.2, 0.25) is 5.91 Å². The lowest BCUT2D eigenvalue weighted by Crippen LogP contribution is -2.28. The molecule has 5 nitrogen and oxygen atoms in total. The average Bonchev–Trinajstić information content (AvgIpc) is 2.63. The van der Waals surface area contributed by atoms with Crippen molar-refractivity contribution in [1.82, 2.24) is 0 Å². The van der Waals surface area contributed by atoms with E-state index in [0.717, 1.165) is 16.0 Å². The van der Waals surface area contributed by atoms with E-state index < -0.39 is 0 Å². The molecular weight excluding hydrogens is 348 g/mol. The van der Waals surface area contributed by atoms with Crippen molar-refractivity contribution in [3.63, 3.8) is 0 Å². The summed E-state index contributed by atoms with van der Waals surface area (Å²) in [5, 5.41) is 14.8. The van der Waals surface area contributed by atoms with Crippen LogP contribution in [-0.4, -0.2) is 11.7 Å². The number of aromatic nitrogens is 1. The Morgan fingerprint density at radius 3 is 2.62 bits per heavy atom. The molecule has 2 aromatic carbocycles. The molecule has 26 heavy (non-hydrogen) atoms. The van der Waals surface area contributed by atoms with E-state index >= 15 is 0 Å². The fourth-order valence-corrected chi connectivity index (χ4v) is 3.00. The van der Waals surface area contributed by atoms with E-state index in [1.165, 1.54) is 18.0 Å². The van der Waals surface area contributed by atoms with Crippen LogP contribution in [0, 0.1) is 12.1 Å². The summed E-state index contributed by atoms with van der Waals surface area (Å²) in [4.78, 5) is 12.0. The molecule has 0 aliphatic carbocycles. The third-order valence-corrected chi connectivity index (χ3v) is 4.52. The Morgan fingerprint density at radius 1 is 1.08 bits per heavy atom. The molecule has 0 fully saturated rings. The molecule has 0 bridgehead atoms. The maximum Gasteiger partial charge on any atom is 0.251 e. The quantitative estimate of drug-likeness (QED) is 0.404. The standard InChI is InChI=1S/C20H18N2O3S/c1-15-5-4-6-18(13-15)25-17-10-8-16(9-11-17)21-19(23)14-26-20-7-2-3-12-22(20)24/h2-13H,14H2,1H3,(H,21,23). The second kappa shape index (κ2) is 8.40. The molecule has 3 rings (SSSR count). The number of pyridine rings is 1. The van der Waals surface area contributed by atoms with Crippen LogP contribution in [0.25, 0.3) is 0 Å². The van der Waals surface area contributed by atoms with Crippen molar-refractivity contribution in [1.29, 1.82) is 0 Å². The minimum Gasteiger partial charge on any atom is -0.618 e. The number of hydrogen-bond acceptors (Lipinski definition) is 4. The van der Waals surface area contributed by atoms with Gasteiger partial charge in [-0.05, 0) is 66.7 Å². The number of nitrogens with one attached hydrogen (secondary N) is 1. The molecule has 0 spiro atoms. The molecule has 0 saturated carbocycles. The number of rotatable bonds is 6. The van der Waals surface area contributed by atoms with Crippen molar-refractivity contribution >= 4 is 23.4 Å². The summed E-state index contributed by atoms with van der Waals surface area (Å²) in [6, 6.07) is 20.1. The lowest BCUT2D eigenvalue weighted by atomic mass is 10.2. The molecule has 132 valence electrons. The van der Waals surface area contributed by atoms with E-state index in [1.54, 1.807) is 42.5 Å². The van der Waals surface area contributed by atoms with Gasteiger partial charge in [0.15, 0.2) is 6.20 Å². The van der Waals surface area contributed by atoms with Crippen LogP contribution in [0.1, 0.15) is 5.56 Å². The van der Waals surface area contributed by atoms with Crippen molar-refractivity contribution in [2.24, 2.45) is 0 Å². The highest BCUT2D eigenvalue weighted by Gasteiger charge is 2.09. The molecule has 3 aromatic rings. The summed E-state index contributed by atoms with van der Waals surface area (Å²) in [6.45, 7) is 2.01. The predicted octanol–water partition coefficient (Wildman–Crippen LogP) is 4.15. The highest BCUT2D eigenvalue weighted by molar-refractivity contribution is 7.99. The molecule has 0 saturated heterocycles. The average molecular weight is 366 g/mol. The van der Waals surface area contributed by atoms with Gasteiger partial charge in [-0.1, -0.05) is 12.1 Å². The normalized spacial score (nSPS) is 10.3. The van der Waals surface area contributed by atoms with E-state index in [0.29, 0.717) is 16.5 Å². The third kappa shape index (κ3) is 5.00. The van der Waals surface area contributed by atoms with E-state index in [9.17, 15) is 10.0 Å². The molecular formula is C20H18N2O3S. The first kappa shape index (κ1) is 17.8. The van der Waals surface area contributed by atoms with Gasteiger partial charge in [0.1, 0.15) is 11.5 Å². The van der Waals surface area contributed by atoms with E-state index in [-0.39, 0.29) is 11.7 Å². The van der Waals surface area contributed by atoms with Crippen LogP contribution in [-0.2, 0) is 4.79 Å². The van der Waals surface area contributed by atoms with Gasteiger partial charge in [0.05, 0.1) is 5.75 Å². The van der Waals surface area contributed by atoms with Crippen LogP contribution in [0.3, 0.4) is 0 Å². The first-order valence-corrected chi connectivity index (χ1v) is 9.04. The van der Waals surface area contributed by atoms with Gasteiger partial charge in [0, 0.05) is 17.8 Å². The maximum atomic E-state index is 12.0. The lowest BCUT2D eigenvalue weighted by molar-refractivity contribution is -0.645. The molecule has 1 amide bonds. The molecule has 6 heteroatoms. The molecule has 0 atom stereocenters. The van der Waals surface area contributed by atoms with Gasteiger partial charge in [-0.3, -0.25) is 4.79 Å². The van der Waals surface area contributed by atoms with Crippen molar-refractivity contribution in [2.75, 3.05) is 11.1 Å². The Hall–Kier alpha value is -2.99. The van der Waals surface area contributed by atoms with Crippen molar-refractivity contribution < 1.29 is 14.3 Å². The van der Waals surface area contributed by atoms with Crippen LogP contribution >= 0.6 is 11.8 Å². The van der Waals surface area contributed by atoms with Crippen molar-refractivity contribution in [3.05, 3.63) is 83.7 Å². The molecule has 1 heterocycles. The van der Waals surface area contributed by atoms with Crippen LogP contribution in [0.15, 0.2) is 78.0 Å². The first-order valence-electron chi connectivity index (χ1n) is 8.05. The number of carbonyl (C=O) groups excluding carboxylic acids is 1. The predicted molar refractivity (Wildman–Crippen MR) is 102 cm³/mol. The number of hydrogen-bond donors (Lipinski definition) is 1. The molecule has 0 aliphatic heterocycles. The molecule has 1 aromatic heterocycles. The SMILES string of the molecule is Cc1cccc(Oc2ccc(NC(=O)CSc3cccc[n+]3[O-])cc2)c1. The zero-order valence-electron chi connectivity index (χ0n) is 14.2. The van der Waals surface area contributed by atoms with Crippen LogP contribution in [0.4, 0.5) is 5.69 Å². The number of nitrogens with zero attached hydrogens (tertiary/aromatic N) is 1. The van der Waals surface area contributed by atoms with Crippen molar-refractivity contribution in [2.45, 2.75) is 11.9 Å². The summed E-state index contributed by atoms with van der Waals surface area (Å²) in [6.07, 6.45) is 1.41. The summed E-state index contributed by atoms with van der Waals surface area (Å²) in [5.74, 6) is 1.45. The van der Waals surface area contributed by atoms with Crippen LogP contribution < -0.4 is 14.8 Å². The third-order valence-electron chi connectivity index (χ3n) is 3.50. The van der Waals surface area contributed by atoms with Gasteiger partial charge in [-0.2, -0.15) is 4.73 Å². The maximum absolute atomic E-state index is 12.0. The fraction of sp³-hybridized carbons (Fsp3) is 0.100. The first-order chi connectivity index (χ1) is 12.6. The minimum absolute atomic E-state index is 0.161. The van der Waals surface area contributed by atoms with Gasteiger partial charge in [-0.15, -0.1) is 0 Å². The number of thioether (sulfide) groups is 1. The Bertz CT molecular complexity index is 898. The number of carbonyl (C=O) groups is 1. The molecule has 0 unspecified atom stereocenters. The summed E-state index contributed by atoms with van der Waals surface area (Å²) >= 11 is 1.19. The van der Waals surface area contributed by atoms with Gasteiger partial charge in [-0.25, -0.2) is 0 Å². The number of benzene rings is 2. The number of aryl methyl sites for hydroxylation is 1. The van der Waals surface area contributed by atoms with Crippen LogP contribution in [0.2, 0.25) is 0 Å². The second-order valence-corrected chi connectivity index (χ2v) is 6.64. The Labute approximate surface area is 156 Å². The zero-order chi connectivity index (χ0) is 18.4. The van der Waals surface area contributed by atoms with Gasteiger partial charge < -0.3 is 15.3 Å². The lowest BCUT2D eigenvalue weighted by Gasteiger charge is -2.08. The number of anilines is 1. The smallest absolute Gasteiger partial charge is 0.251 e. The van der Waals surface area contributed by atoms with E-state index in [4.69, 9.17) is 4.74 Å². The largest absolute Gasteiger partial charge is 0.618 e. The van der Waals surface area contributed by atoms with Gasteiger partial charge in [0.25, 0.3) is 5.03 Å². The summed E-state index contributed by atoms with van der Waals surface area (Å²) in [5.41, 5.74) is 1.80. The Morgan fingerprint density at radius 2 is 1.88 bits per heavy atom. The Kier molecular flexibility index (Phi) is 5.76. The molecule has 0 aliphatic rings. The van der Waals surface area contributed by atoms with Gasteiger partial charge >= 0.3 is 0 Å². The molecule has 0 radical (unpaired) electrons. The monoisotopic (exact) mass is 366 g/mol. The zero-order valence-corrected chi connectivity index (χ0v) is 15.0. The van der Waals surface area contributed by atoms with Crippen molar-refractivity contribution in [3.8, 4) is 11.5 Å². The van der Waals surface area contributed by atoms with Crippen LogP contribution in [0.5, 0.6) is 11.5 Å². The highest BCUT2D eigenvalue weighted by Crippen LogP contribution is 2.24. The van der Waals surface area contributed by atoms with E-state index in [2.05, 4.69) is 5.32 Å². The number of ether oxygens (including phenoxy) is 1. The fourth-order valence-electron chi connectivity index (χ4n) is 2.28. The second-order valence-electron chi connectivity index (χ2n) is 5.64. The highest BCUT2D eigenvalue weighted by atomic mass is 32.2. The number of amides is 1. The topological polar surface area (TPSA) is 65.3 Å². The Balaban J connectivity index is 1.53.